The molecule has 1 heterocycles. The Bertz CT molecular complexity index is 132. The van der Waals surface area contributed by atoms with E-state index in [1.165, 1.54) is 37.0 Å². The van der Waals surface area contributed by atoms with Crippen molar-refractivity contribution in [2.75, 3.05) is 19.6 Å². The number of hydrogen-bond donors (Lipinski definition) is 0. The van der Waals surface area contributed by atoms with E-state index in [0.717, 1.165) is 12.0 Å². The largest absolute Gasteiger partial charge is 0.321 e. The first kappa shape index (κ1) is 10.0. The van der Waals surface area contributed by atoms with E-state index in [4.69, 9.17) is 0 Å². The van der Waals surface area contributed by atoms with Gasteiger partial charge in [0.2, 0.25) is 0 Å². The molecule has 1 heteroatoms. The molecule has 0 saturated carbocycles. The Morgan fingerprint density at radius 3 is 1.83 bits per heavy atom. The van der Waals surface area contributed by atoms with Gasteiger partial charge in [-0.15, -0.1) is 0 Å². The quantitative estimate of drug-likeness (QED) is 0.571. The molecule has 0 aromatic carbocycles. The van der Waals surface area contributed by atoms with Crippen LogP contribution in [0.3, 0.4) is 0 Å². The number of quaternary nitrogens is 1. The summed E-state index contributed by atoms with van der Waals surface area (Å²) >= 11 is 0. The van der Waals surface area contributed by atoms with Crippen molar-refractivity contribution in [3.05, 3.63) is 0 Å². The molecule has 0 aromatic rings. The minimum atomic E-state index is 0.829. The van der Waals surface area contributed by atoms with Crippen LogP contribution in [0, 0.1) is 5.92 Å². The maximum Gasteiger partial charge on any atom is 0.0833 e. The summed E-state index contributed by atoms with van der Waals surface area (Å²) in [5, 5.41) is 0. The summed E-state index contributed by atoms with van der Waals surface area (Å²) in [5.74, 6) is 0.852. The standard InChI is InChI=1S/C11H24N/c1-10(2)9-12(11(3)4)7-5-6-8-12/h10-11H,5-9H2,1-4H3/q+1. The van der Waals surface area contributed by atoms with Crippen molar-refractivity contribution < 1.29 is 4.48 Å². The fraction of sp³-hybridized carbons (Fsp3) is 1.00. The van der Waals surface area contributed by atoms with E-state index < -0.39 is 0 Å². The van der Waals surface area contributed by atoms with Gasteiger partial charge >= 0.3 is 0 Å². The summed E-state index contributed by atoms with van der Waals surface area (Å²) in [4.78, 5) is 0. The second kappa shape index (κ2) is 3.78. The summed E-state index contributed by atoms with van der Waals surface area (Å²) in [5.41, 5.74) is 0. The zero-order valence-corrected chi connectivity index (χ0v) is 9.14. The van der Waals surface area contributed by atoms with Gasteiger partial charge in [0.25, 0.3) is 0 Å². The zero-order chi connectivity index (χ0) is 9.19. The predicted molar refractivity (Wildman–Crippen MR) is 54.1 cm³/mol. The highest BCUT2D eigenvalue weighted by atomic mass is 15.4. The molecule has 0 atom stereocenters. The third-order valence-electron chi connectivity index (χ3n) is 3.28. The Hall–Kier alpha value is -0.0400. The van der Waals surface area contributed by atoms with E-state index in [9.17, 15) is 0 Å². The van der Waals surface area contributed by atoms with Crippen LogP contribution in [0.15, 0.2) is 0 Å². The van der Waals surface area contributed by atoms with Crippen LogP contribution in [0.1, 0.15) is 40.5 Å². The van der Waals surface area contributed by atoms with Gasteiger partial charge in [0.15, 0.2) is 0 Å². The van der Waals surface area contributed by atoms with E-state index in [1.807, 2.05) is 0 Å². The van der Waals surface area contributed by atoms with E-state index in [1.54, 1.807) is 0 Å². The van der Waals surface area contributed by atoms with Crippen molar-refractivity contribution in [3.63, 3.8) is 0 Å². The molecule has 1 saturated heterocycles. The molecule has 12 heavy (non-hydrogen) atoms. The highest BCUT2D eigenvalue weighted by Gasteiger charge is 2.35. The number of likely N-dealkylation sites (tertiary alicyclic amines) is 1. The minimum Gasteiger partial charge on any atom is -0.321 e. The topological polar surface area (TPSA) is 0 Å². The second-order valence-corrected chi connectivity index (χ2v) is 5.04. The van der Waals surface area contributed by atoms with Crippen molar-refractivity contribution in [2.45, 2.75) is 46.6 Å². The molecule has 1 aliphatic heterocycles. The molecular weight excluding hydrogens is 146 g/mol. The monoisotopic (exact) mass is 170 g/mol. The number of rotatable bonds is 3. The van der Waals surface area contributed by atoms with E-state index in [2.05, 4.69) is 27.7 Å². The molecule has 0 N–H and O–H groups in total. The lowest BCUT2D eigenvalue weighted by Crippen LogP contribution is -2.52. The molecule has 1 fully saturated rings. The maximum absolute atomic E-state index is 2.38. The van der Waals surface area contributed by atoms with Crippen LogP contribution in [-0.2, 0) is 0 Å². The van der Waals surface area contributed by atoms with Crippen LogP contribution in [0.2, 0.25) is 0 Å². The minimum absolute atomic E-state index is 0.829. The highest BCUT2D eigenvalue weighted by molar-refractivity contribution is 4.59. The second-order valence-electron chi connectivity index (χ2n) is 5.04. The molecule has 0 amide bonds. The summed E-state index contributed by atoms with van der Waals surface area (Å²) in [6.45, 7) is 13.7. The molecule has 72 valence electrons. The third-order valence-corrected chi connectivity index (χ3v) is 3.28. The van der Waals surface area contributed by atoms with Crippen molar-refractivity contribution in [2.24, 2.45) is 5.92 Å². The smallest absolute Gasteiger partial charge is 0.0833 e. The molecule has 0 aromatic heterocycles. The van der Waals surface area contributed by atoms with Crippen molar-refractivity contribution in [1.29, 1.82) is 0 Å². The van der Waals surface area contributed by atoms with Gasteiger partial charge in [-0.25, -0.2) is 0 Å². The Morgan fingerprint density at radius 2 is 1.50 bits per heavy atom. The Kier molecular flexibility index (Phi) is 3.16. The van der Waals surface area contributed by atoms with Gasteiger partial charge in [0, 0.05) is 18.8 Å². The summed E-state index contributed by atoms with van der Waals surface area (Å²) < 4.78 is 1.39. The van der Waals surface area contributed by atoms with Gasteiger partial charge in [-0.1, -0.05) is 13.8 Å². The Labute approximate surface area is 77.4 Å². The molecule has 0 radical (unpaired) electrons. The SMILES string of the molecule is CC(C)C[N+]1(C(C)C)CCCC1. The first-order chi connectivity index (χ1) is 5.57. The molecule has 0 spiro atoms. The van der Waals surface area contributed by atoms with E-state index in [0.29, 0.717) is 0 Å². The Balaban J connectivity index is 2.59. The van der Waals surface area contributed by atoms with E-state index >= 15 is 0 Å². The lowest BCUT2D eigenvalue weighted by atomic mass is 10.1. The van der Waals surface area contributed by atoms with Gasteiger partial charge < -0.3 is 4.48 Å². The predicted octanol–water partition coefficient (Wildman–Crippen LogP) is 2.66. The molecule has 0 unspecified atom stereocenters. The van der Waals surface area contributed by atoms with Gasteiger partial charge in [-0.2, -0.15) is 0 Å². The van der Waals surface area contributed by atoms with Crippen molar-refractivity contribution in [3.8, 4) is 0 Å². The van der Waals surface area contributed by atoms with Crippen LogP contribution >= 0.6 is 0 Å². The molecular formula is C11H24N+. The fourth-order valence-corrected chi connectivity index (χ4v) is 2.60. The molecule has 0 aliphatic carbocycles. The molecule has 1 rings (SSSR count). The molecule has 1 nitrogen and oxygen atoms in total. The first-order valence-corrected chi connectivity index (χ1v) is 5.42. The van der Waals surface area contributed by atoms with Gasteiger partial charge in [-0.05, 0) is 13.8 Å². The fourth-order valence-electron chi connectivity index (χ4n) is 2.60. The Morgan fingerprint density at radius 1 is 1.00 bits per heavy atom. The summed E-state index contributed by atoms with van der Waals surface area (Å²) in [6, 6.07) is 0.829. The normalized spacial score (nSPS) is 22.5. The van der Waals surface area contributed by atoms with Crippen molar-refractivity contribution in [1.82, 2.24) is 0 Å². The average molecular weight is 170 g/mol. The average Bonchev–Trinajstić information content (AvgIpc) is 2.35. The van der Waals surface area contributed by atoms with Gasteiger partial charge in [0.05, 0.1) is 25.7 Å². The van der Waals surface area contributed by atoms with Crippen molar-refractivity contribution >= 4 is 0 Å². The van der Waals surface area contributed by atoms with E-state index in [-0.39, 0.29) is 0 Å². The van der Waals surface area contributed by atoms with Gasteiger partial charge in [-0.3, -0.25) is 0 Å². The lowest BCUT2D eigenvalue weighted by Gasteiger charge is -2.39. The van der Waals surface area contributed by atoms with Crippen LogP contribution in [0.4, 0.5) is 0 Å². The third kappa shape index (κ3) is 2.01. The highest BCUT2D eigenvalue weighted by Crippen LogP contribution is 2.25. The lowest BCUT2D eigenvalue weighted by molar-refractivity contribution is -0.939. The summed E-state index contributed by atoms with van der Waals surface area (Å²) in [7, 11) is 0. The number of hydrogen-bond acceptors (Lipinski definition) is 0. The number of nitrogens with zero attached hydrogens (tertiary/aromatic N) is 1. The van der Waals surface area contributed by atoms with Crippen LogP contribution in [0.5, 0.6) is 0 Å². The zero-order valence-electron chi connectivity index (χ0n) is 9.14. The van der Waals surface area contributed by atoms with Crippen LogP contribution in [-0.4, -0.2) is 30.2 Å². The van der Waals surface area contributed by atoms with Gasteiger partial charge in [0.1, 0.15) is 0 Å². The van der Waals surface area contributed by atoms with Crippen LogP contribution < -0.4 is 0 Å². The molecule has 0 bridgehead atoms. The maximum atomic E-state index is 2.38. The van der Waals surface area contributed by atoms with Crippen LogP contribution in [0.25, 0.3) is 0 Å². The summed E-state index contributed by atoms with van der Waals surface area (Å²) in [6.07, 6.45) is 2.90. The molecule has 1 aliphatic rings. The first-order valence-electron chi connectivity index (χ1n) is 5.42.